The van der Waals surface area contributed by atoms with Gasteiger partial charge in [-0.3, -0.25) is 4.79 Å². The monoisotopic (exact) mass is 308 g/mol. The van der Waals surface area contributed by atoms with Gasteiger partial charge in [-0.25, -0.2) is 8.42 Å². The van der Waals surface area contributed by atoms with E-state index in [4.69, 9.17) is 0 Å². The van der Waals surface area contributed by atoms with Crippen LogP contribution < -0.4 is 5.32 Å². The van der Waals surface area contributed by atoms with Crippen LogP contribution >= 0.6 is 0 Å². The first kappa shape index (κ1) is 14.5. The standard InChI is InChI=1S/C15H20N2O3S/c18-15(17-9-3-4-10-17)7-8-16-13-11-21(19,20)14-6-2-1-5-12(13)14/h1-2,5-6,13,16H,3-4,7-11H2. The lowest BCUT2D eigenvalue weighted by atomic mass is 10.1. The van der Waals surface area contributed by atoms with Gasteiger partial charge in [0.2, 0.25) is 5.91 Å². The molecule has 0 saturated carbocycles. The van der Waals surface area contributed by atoms with E-state index in [1.165, 1.54) is 0 Å². The minimum Gasteiger partial charge on any atom is -0.343 e. The van der Waals surface area contributed by atoms with Gasteiger partial charge < -0.3 is 10.2 Å². The summed E-state index contributed by atoms with van der Waals surface area (Å²) in [6, 6.07) is 6.90. The number of carbonyl (C=O) groups excluding carboxylic acids is 1. The predicted octanol–water partition coefficient (Wildman–Crippen LogP) is 1.12. The highest BCUT2D eigenvalue weighted by atomic mass is 32.2. The Morgan fingerprint density at radius 2 is 1.95 bits per heavy atom. The molecule has 1 N–H and O–H groups in total. The van der Waals surface area contributed by atoms with Gasteiger partial charge in [0.25, 0.3) is 0 Å². The van der Waals surface area contributed by atoms with Crippen LogP contribution in [-0.2, 0) is 14.6 Å². The van der Waals surface area contributed by atoms with Gasteiger partial charge in [0, 0.05) is 32.1 Å². The fourth-order valence-electron chi connectivity index (χ4n) is 3.10. The molecule has 1 saturated heterocycles. The highest BCUT2D eigenvalue weighted by Gasteiger charge is 2.33. The van der Waals surface area contributed by atoms with Gasteiger partial charge in [-0.2, -0.15) is 0 Å². The number of hydrogen-bond acceptors (Lipinski definition) is 4. The fraction of sp³-hybridized carbons (Fsp3) is 0.533. The van der Waals surface area contributed by atoms with Crippen LogP contribution in [0.3, 0.4) is 0 Å². The molecule has 2 aliphatic rings. The summed E-state index contributed by atoms with van der Waals surface area (Å²) in [6.45, 7) is 2.24. The highest BCUT2D eigenvalue weighted by Crippen LogP contribution is 2.32. The van der Waals surface area contributed by atoms with Crippen molar-refractivity contribution in [2.24, 2.45) is 0 Å². The smallest absolute Gasteiger partial charge is 0.223 e. The van der Waals surface area contributed by atoms with E-state index in [-0.39, 0.29) is 17.7 Å². The van der Waals surface area contributed by atoms with E-state index in [1.54, 1.807) is 12.1 Å². The molecule has 114 valence electrons. The van der Waals surface area contributed by atoms with Gasteiger partial charge in [0.15, 0.2) is 9.84 Å². The third kappa shape index (κ3) is 2.96. The molecule has 5 nitrogen and oxygen atoms in total. The Morgan fingerprint density at radius 3 is 2.71 bits per heavy atom. The zero-order chi connectivity index (χ0) is 14.9. The van der Waals surface area contributed by atoms with E-state index in [2.05, 4.69) is 5.32 Å². The van der Waals surface area contributed by atoms with Crippen molar-refractivity contribution < 1.29 is 13.2 Å². The molecule has 1 aromatic carbocycles. The van der Waals surface area contributed by atoms with E-state index in [1.807, 2.05) is 17.0 Å². The number of rotatable bonds is 4. The number of fused-ring (bicyclic) bond motifs is 1. The summed E-state index contributed by atoms with van der Waals surface area (Å²) < 4.78 is 24.1. The molecule has 2 heterocycles. The molecule has 0 aliphatic carbocycles. The largest absolute Gasteiger partial charge is 0.343 e. The number of carbonyl (C=O) groups is 1. The molecule has 6 heteroatoms. The minimum atomic E-state index is -3.18. The Bertz CT molecular complexity index is 636. The lowest BCUT2D eigenvalue weighted by Gasteiger charge is -2.17. The molecule has 3 rings (SSSR count). The van der Waals surface area contributed by atoms with Crippen LogP contribution in [0.15, 0.2) is 29.2 Å². The van der Waals surface area contributed by atoms with Crippen molar-refractivity contribution in [3.05, 3.63) is 29.8 Å². The van der Waals surface area contributed by atoms with Crippen LogP contribution in [0.25, 0.3) is 0 Å². The van der Waals surface area contributed by atoms with Crippen molar-refractivity contribution in [3.63, 3.8) is 0 Å². The fourth-order valence-corrected chi connectivity index (χ4v) is 4.87. The Kier molecular flexibility index (Phi) is 3.99. The van der Waals surface area contributed by atoms with Gasteiger partial charge in [-0.15, -0.1) is 0 Å². The number of nitrogens with one attached hydrogen (secondary N) is 1. The Hall–Kier alpha value is -1.40. The molecule has 21 heavy (non-hydrogen) atoms. The molecule has 0 aromatic heterocycles. The molecule has 1 fully saturated rings. The first-order chi connectivity index (χ1) is 10.1. The zero-order valence-corrected chi connectivity index (χ0v) is 12.7. The number of nitrogens with zero attached hydrogens (tertiary/aromatic N) is 1. The molecule has 1 unspecified atom stereocenters. The third-order valence-electron chi connectivity index (χ3n) is 4.20. The first-order valence-corrected chi connectivity index (χ1v) is 9.06. The van der Waals surface area contributed by atoms with E-state index in [0.29, 0.717) is 17.9 Å². The normalized spacial score (nSPS) is 23.2. The van der Waals surface area contributed by atoms with Crippen LogP contribution in [0.5, 0.6) is 0 Å². The number of sulfone groups is 1. The summed E-state index contributed by atoms with van der Waals surface area (Å²) in [5.74, 6) is 0.249. The van der Waals surface area contributed by atoms with Crippen LogP contribution in [-0.4, -0.2) is 44.6 Å². The Morgan fingerprint density at radius 1 is 1.24 bits per heavy atom. The average molecular weight is 308 g/mol. The van der Waals surface area contributed by atoms with Crippen molar-refractivity contribution in [3.8, 4) is 0 Å². The molecule has 0 spiro atoms. The SMILES string of the molecule is O=C(CCNC1CS(=O)(=O)c2ccccc21)N1CCCC1. The molecule has 1 aromatic rings. The summed E-state index contributed by atoms with van der Waals surface area (Å²) in [5.41, 5.74) is 0.825. The van der Waals surface area contributed by atoms with Gasteiger partial charge in [0.05, 0.1) is 10.6 Å². The Labute approximate surface area is 125 Å². The van der Waals surface area contributed by atoms with Crippen LogP contribution in [0.4, 0.5) is 0 Å². The molecule has 0 radical (unpaired) electrons. The maximum absolute atomic E-state index is 12.1. The van der Waals surface area contributed by atoms with E-state index in [9.17, 15) is 13.2 Å². The number of likely N-dealkylation sites (tertiary alicyclic amines) is 1. The Balaban J connectivity index is 1.58. The molecule has 2 aliphatic heterocycles. The molecule has 1 amide bonds. The minimum absolute atomic E-state index is 0.0876. The molecular weight excluding hydrogens is 288 g/mol. The predicted molar refractivity (Wildman–Crippen MR) is 79.7 cm³/mol. The van der Waals surface area contributed by atoms with Gasteiger partial charge >= 0.3 is 0 Å². The average Bonchev–Trinajstić information content (AvgIpc) is 3.07. The summed E-state index contributed by atoms with van der Waals surface area (Å²) in [5, 5.41) is 3.22. The van der Waals surface area contributed by atoms with Gasteiger partial charge in [0.1, 0.15) is 0 Å². The number of amides is 1. The quantitative estimate of drug-likeness (QED) is 0.905. The lowest BCUT2D eigenvalue weighted by molar-refractivity contribution is -0.130. The molecule has 0 bridgehead atoms. The number of hydrogen-bond donors (Lipinski definition) is 1. The van der Waals surface area contributed by atoms with Crippen LogP contribution in [0, 0.1) is 0 Å². The maximum Gasteiger partial charge on any atom is 0.223 e. The summed E-state index contributed by atoms with van der Waals surface area (Å²) in [7, 11) is -3.18. The zero-order valence-electron chi connectivity index (χ0n) is 11.9. The van der Waals surface area contributed by atoms with Gasteiger partial charge in [-0.1, -0.05) is 18.2 Å². The summed E-state index contributed by atoms with van der Waals surface area (Å²) >= 11 is 0. The second kappa shape index (κ2) is 5.77. The molecular formula is C15H20N2O3S. The summed E-state index contributed by atoms with van der Waals surface area (Å²) in [6.07, 6.45) is 2.61. The molecule has 1 atom stereocenters. The van der Waals surface area contributed by atoms with E-state index < -0.39 is 9.84 Å². The van der Waals surface area contributed by atoms with Crippen molar-refractivity contribution in [2.45, 2.75) is 30.2 Å². The lowest BCUT2D eigenvalue weighted by Crippen LogP contribution is -2.32. The second-order valence-electron chi connectivity index (χ2n) is 5.66. The topological polar surface area (TPSA) is 66.5 Å². The third-order valence-corrected chi connectivity index (χ3v) is 6.02. The van der Waals surface area contributed by atoms with E-state index in [0.717, 1.165) is 31.5 Å². The number of benzene rings is 1. The second-order valence-corrected chi connectivity index (χ2v) is 7.67. The van der Waals surface area contributed by atoms with Crippen molar-refractivity contribution in [1.29, 1.82) is 0 Å². The van der Waals surface area contributed by atoms with Crippen molar-refractivity contribution in [1.82, 2.24) is 10.2 Å². The van der Waals surface area contributed by atoms with Crippen molar-refractivity contribution >= 4 is 15.7 Å². The summed E-state index contributed by atoms with van der Waals surface area (Å²) in [4.78, 5) is 14.3. The highest BCUT2D eigenvalue weighted by molar-refractivity contribution is 7.91. The first-order valence-electron chi connectivity index (χ1n) is 7.41. The maximum atomic E-state index is 12.1. The van der Waals surface area contributed by atoms with Gasteiger partial charge in [-0.05, 0) is 24.5 Å². The van der Waals surface area contributed by atoms with Crippen LogP contribution in [0.2, 0.25) is 0 Å². The van der Waals surface area contributed by atoms with E-state index >= 15 is 0 Å². The van der Waals surface area contributed by atoms with Crippen molar-refractivity contribution in [2.75, 3.05) is 25.4 Å². The van der Waals surface area contributed by atoms with Crippen LogP contribution in [0.1, 0.15) is 30.9 Å².